The minimum absolute atomic E-state index is 0.0157. The number of aryl methyl sites for hydroxylation is 1. The van der Waals surface area contributed by atoms with Crippen molar-refractivity contribution in [2.75, 3.05) is 0 Å². The van der Waals surface area contributed by atoms with E-state index in [1.165, 1.54) is 0 Å². The fourth-order valence-corrected chi connectivity index (χ4v) is 3.46. The van der Waals surface area contributed by atoms with E-state index in [9.17, 15) is 4.79 Å². The number of carbonyl (C=O) groups excluding carboxylic acids is 1. The van der Waals surface area contributed by atoms with Gasteiger partial charge in [0.2, 0.25) is 5.91 Å². The Labute approximate surface area is 164 Å². The number of fused-ring (bicyclic) bond motifs is 1. The summed E-state index contributed by atoms with van der Waals surface area (Å²) in [6.07, 6.45) is 9.90. The number of amides is 1. The molecule has 4 rings (SSSR count). The van der Waals surface area contributed by atoms with Gasteiger partial charge in [0.15, 0.2) is 0 Å². The number of hydrogen-bond acceptors (Lipinski definition) is 3. The second kappa shape index (κ2) is 8.10. The van der Waals surface area contributed by atoms with Gasteiger partial charge in [0.1, 0.15) is 0 Å². The third-order valence-electron chi connectivity index (χ3n) is 5.02. The Morgan fingerprint density at radius 2 is 2.07 bits per heavy atom. The highest BCUT2D eigenvalue weighted by molar-refractivity contribution is 5.96. The monoisotopic (exact) mass is 370 g/mol. The van der Waals surface area contributed by atoms with Crippen LogP contribution in [0.15, 0.2) is 60.9 Å². The van der Waals surface area contributed by atoms with Crippen molar-refractivity contribution in [2.24, 2.45) is 0 Å². The third-order valence-corrected chi connectivity index (χ3v) is 5.02. The van der Waals surface area contributed by atoms with Crippen LogP contribution in [0.5, 0.6) is 0 Å². The zero-order valence-electron chi connectivity index (χ0n) is 15.7. The first-order valence-corrected chi connectivity index (χ1v) is 9.59. The Morgan fingerprint density at radius 3 is 2.82 bits per heavy atom. The number of carbonyl (C=O) groups is 1. The van der Waals surface area contributed by atoms with Crippen molar-refractivity contribution in [1.82, 2.24) is 14.5 Å². The molecule has 28 heavy (non-hydrogen) atoms. The van der Waals surface area contributed by atoms with E-state index in [2.05, 4.69) is 21.7 Å². The molecule has 0 aliphatic heterocycles. The molecule has 1 saturated carbocycles. The van der Waals surface area contributed by atoms with Gasteiger partial charge in [-0.15, -0.1) is 0 Å². The van der Waals surface area contributed by atoms with Gasteiger partial charge >= 0.3 is 0 Å². The van der Waals surface area contributed by atoms with Crippen molar-refractivity contribution in [2.45, 2.75) is 38.4 Å². The van der Waals surface area contributed by atoms with Crippen LogP contribution in [0.4, 0.5) is 0 Å². The van der Waals surface area contributed by atoms with Crippen LogP contribution in [-0.2, 0) is 17.9 Å². The van der Waals surface area contributed by atoms with Crippen molar-refractivity contribution >= 4 is 22.9 Å². The van der Waals surface area contributed by atoms with Crippen molar-refractivity contribution in [3.05, 3.63) is 72.2 Å². The molecule has 5 nitrogen and oxygen atoms in total. The maximum atomic E-state index is 12.9. The molecule has 2 heterocycles. The van der Waals surface area contributed by atoms with Crippen LogP contribution in [0.25, 0.3) is 17.0 Å². The number of benzene rings is 1. The van der Waals surface area contributed by atoms with E-state index in [-0.39, 0.29) is 5.91 Å². The molecule has 1 aliphatic rings. The number of rotatable bonds is 7. The molecular weight excluding hydrogens is 348 g/mol. The summed E-state index contributed by atoms with van der Waals surface area (Å²) in [5.41, 5.74) is 2.98. The summed E-state index contributed by atoms with van der Waals surface area (Å²) in [5.74, 6) is 0.0157. The summed E-state index contributed by atoms with van der Waals surface area (Å²) in [7, 11) is 0. The molecule has 0 atom stereocenters. The lowest BCUT2D eigenvalue weighted by Crippen LogP contribution is -2.31. The average molecular weight is 370 g/mol. The van der Waals surface area contributed by atoms with Gasteiger partial charge in [0.05, 0.1) is 24.7 Å². The van der Waals surface area contributed by atoms with Gasteiger partial charge in [-0.25, -0.2) is 0 Å². The normalized spacial score (nSPS) is 13.7. The highest BCUT2D eigenvalue weighted by atomic mass is 16.2. The van der Waals surface area contributed by atoms with Gasteiger partial charge in [-0.05, 0) is 37.1 Å². The number of nitriles is 1. The Hall–Kier alpha value is -3.39. The van der Waals surface area contributed by atoms with Crippen LogP contribution in [0.1, 0.15) is 30.5 Å². The molecule has 1 amide bonds. The fraction of sp³-hybridized carbons (Fsp3) is 0.261. The van der Waals surface area contributed by atoms with Crippen LogP contribution < -0.4 is 0 Å². The van der Waals surface area contributed by atoms with Crippen LogP contribution in [0.3, 0.4) is 0 Å². The van der Waals surface area contributed by atoms with Gasteiger partial charge in [-0.2, -0.15) is 5.26 Å². The average Bonchev–Trinajstić information content (AvgIpc) is 3.51. The Kier molecular flexibility index (Phi) is 5.20. The molecule has 0 bridgehead atoms. The van der Waals surface area contributed by atoms with Crippen LogP contribution in [0.2, 0.25) is 0 Å². The Morgan fingerprint density at radius 1 is 1.25 bits per heavy atom. The predicted octanol–water partition coefficient (Wildman–Crippen LogP) is 4.15. The zero-order valence-corrected chi connectivity index (χ0v) is 15.7. The minimum Gasteiger partial charge on any atom is -0.346 e. The molecule has 0 radical (unpaired) electrons. The first kappa shape index (κ1) is 18.0. The molecule has 2 aromatic heterocycles. The summed E-state index contributed by atoms with van der Waals surface area (Å²) in [5, 5.41) is 9.98. The quantitative estimate of drug-likeness (QED) is 0.587. The van der Waals surface area contributed by atoms with E-state index in [4.69, 9.17) is 5.26 Å². The maximum Gasteiger partial charge on any atom is 0.247 e. The van der Waals surface area contributed by atoms with Crippen LogP contribution >= 0.6 is 0 Å². The SMILES string of the molecule is N#CCCn1cc(/C=C/C(=O)N(Cc2ccccn2)C2CC2)c2ccccc21. The summed E-state index contributed by atoms with van der Waals surface area (Å²) < 4.78 is 2.08. The molecule has 1 aromatic carbocycles. The number of para-hydroxylation sites is 1. The molecule has 1 fully saturated rings. The molecule has 0 saturated heterocycles. The van der Waals surface area contributed by atoms with E-state index < -0.39 is 0 Å². The second-order valence-corrected chi connectivity index (χ2v) is 7.05. The standard InChI is InChI=1S/C23H22N4O/c24-13-5-15-26-16-18(21-7-1-2-8-22(21)26)9-12-23(28)27(20-10-11-20)17-19-6-3-4-14-25-19/h1-4,6-9,12,14,16,20H,5,10-11,15,17H2/b12-9+. The maximum absolute atomic E-state index is 12.9. The molecule has 0 unspecified atom stereocenters. The Balaban J connectivity index is 1.56. The van der Waals surface area contributed by atoms with Crippen molar-refractivity contribution in [3.8, 4) is 6.07 Å². The number of pyridine rings is 1. The van der Waals surface area contributed by atoms with Crippen LogP contribution in [0, 0.1) is 11.3 Å². The summed E-state index contributed by atoms with van der Waals surface area (Å²) in [6.45, 7) is 1.19. The van der Waals surface area contributed by atoms with Gasteiger partial charge in [-0.1, -0.05) is 24.3 Å². The number of nitrogens with zero attached hydrogens (tertiary/aromatic N) is 4. The van der Waals surface area contributed by atoms with E-state index in [0.29, 0.717) is 25.6 Å². The van der Waals surface area contributed by atoms with E-state index in [1.54, 1.807) is 12.3 Å². The van der Waals surface area contributed by atoms with Crippen molar-refractivity contribution in [3.63, 3.8) is 0 Å². The first-order valence-electron chi connectivity index (χ1n) is 9.59. The minimum atomic E-state index is 0.0157. The predicted molar refractivity (Wildman–Crippen MR) is 109 cm³/mol. The third kappa shape index (κ3) is 3.96. The summed E-state index contributed by atoms with van der Waals surface area (Å²) in [4.78, 5) is 19.1. The summed E-state index contributed by atoms with van der Waals surface area (Å²) in [6, 6.07) is 16.4. The molecular formula is C23H22N4O. The molecule has 140 valence electrons. The fourth-order valence-electron chi connectivity index (χ4n) is 3.46. The van der Waals surface area contributed by atoms with Gasteiger partial charge < -0.3 is 9.47 Å². The number of aromatic nitrogens is 2. The van der Waals surface area contributed by atoms with E-state index >= 15 is 0 Å². The summed E-state index contributed by atoms with van der Waals surface area (Å²) >= 11 is 0. The van der Waals surface area contributed by atoms with Crippen LogP contribution in [-0.4, -0.2) is 26.4 Å². The lowest BCUT2D eigenvalue weighted by atomic mass is 10.1. The molecule has 5 heteroatoms. The topological polar surface area (TPSA) is 61.9 Å². The molecule has 3 aromatic rings. The zero-order chi connectivity index (χ0) is 19.3. The number of hydrogen-bond donors (Lipinski definition) is 0. The smallest absolute Gasteiger partial charge is 0.247 e. The van der Waals surface area contributed by atoms with Crippen molar-refractivity contribution < 1.29 is 4.79 Å². The first-order chi connectivity index (χ1) is 13.8. The van der Waals surface area contributed by atoms with Gasteiger partial charge in [0, 0.05) is 47.5 Å². The lowest BCUT2D eigenvalue weighted by Gasteiger charge is -2.20. The van der Waals surface area contributed by atoms with E-state index in [1.807, 2.05) is 53.6 Å². The largest absolute Gasteiger partial charge is 0.346 e. The van der Waals surface area contributed by atoms with Gasteiger partial charge in [-0.3, -0.25) is 9.78 Å². The lowest BCUT2D eigenvalue weighted by molar-refractivity contribution is -0.127. The highest BCUT2D eigenvalue weighted by Gasteiger charge is 2.31. The molecule has 0 N–H and O–H groups in total. The second-order valence-electron chi connectivity index (χ2n) is 7.05. The van der Waals surface area contributed by atoms with Crippen molar-refractivity contribution in [1.29, 1.82) is 5.26 Å². The van der Waals surface area contributed by atoms with E-state index in [0.717, 1.165) is 35.0 Å². The van der Waals surface area contributed by atoms with Gasteiger partial charge in [0.25, 0.3) is 0 Å². The Bertz CT molecular complexity index is 1040. The molecule has 0 spiro atoms. The highest BCUT2D eigenvalue weighted by Crippen LogP contribution is 2.29. The molecule has 1 aliphatic carbocycles.